The van der Waals surface area contributed by atoms with E-state index in [9.17, 15) is 14.0 Å². The molecule has 1 amide bonds. The zero-order valence-electron chi connectivity index (χ0n) is 15.6. The van der Waals surface area contributed by atoms with Crippen LogP contribution in [0, 0.1) is 11.7 Å². The van der Waals surface area contributed by atoms with Crippen LogP contribution in [-0.2, 0) is 16.0 Å². The van der Waals surface area contributed by atoms with Crippen molar-refractivity contribution in [3.8, 4) is 0 Å². The van der Waals surface area contributed by atoms with Crippen LogP contribution in [0.15, 0.2) is 36.7 Å². The summed E-state index contributed by atoms with van der Waals surface area (Å²) in [6, 6.07) is 5.99. The lowest BCUT2D eigenvalue weighted by Crippen LogP contribution is -2.40. The molecule has 1 aromatic carbocycles. The molecule has 148 valence electrons. The molecule has 3 N–H and O–H groups in total. The first kappa shape index (κ1) is 19.6. The fraction of sp³-hybridized carbons (Fsp3) is 0.350. The molecule has 2 aromatic rings. The molecule has 8 heteroatoms. The van der Waals surface area contributed by atoms with Crippen LogP contribution in [0.25, 0.3) is 0 Å². The molecule has 1 atom stereocenters. The zero-order valence-corrected chi connectivity index (χ0v) is 15.6. The molecule has 0 spiro atoms. The van der Waals surface area contributed by atoms with Crippen molar-refractivity contribution in [2.45, 2.75) is 19.3 Å². The first-order chi connectivity index (χ1) is 13.5. The van der Waals surface area contributed by atoms with Crippen molar-refractivity contribution in [3.05, 3.63) is 48.0 Å². The predicted molar refractivity (Wildman–Crippen MR) is 105 cm³/mol. The van der Waals surface area contributed by atoms with Gasteiger partial charge >= 0.3 is 5.97 Å². The fourth-order valence-electron chi connectivity index (χ4n) is 3.36. The molecule has 0 aliphatic carbocycles. The van der Waals surface area contributed by atoms with Gasteiger partial charge in [-0.15, -0.1) is 0 Å². The minimum Gasteiger partial charge on any atom is -0.481 e. The van der Waals surface area contributed by atoms with E-state index in [2.05, 4.69) is 20.5 Å². The number of piperidine rings is 1. The second-order valence-electron chi connectivity index (χ2n) is 6.83. The molecule has 0 saturated carbocycles. The van der Waals surface area contributed by atoms with Crippen LogP contribution in [0.5, 0.6) is 0 Å². The normalized spacial score (nSPS) is 16.5. The summed E-state index contributed by atoms with van der Waals surface area (Å²) in [6.07, 6.45) is 4.71. The van der Waals surface area contributed by atoms with Gasteiger partial charge in [-0.25, -0.2) is 4.39 Å². The molecule has 1 aliphatic heterocycles. The van der Waals surface area contributed by atoms with Crippen molar-refractivity contribution in [1.82, 2.24) is 4.98 Å². The summed E-state index contributed by atoms with van der Waals surface area (Å²) in [5, 5.41) is 14.7. The number of hydrogen-bond donors (Lipinski definition) is 3. The average molecular weight is 386 g/mol. The van der Waals surface area contributed by atoms with Gasteiger partial charge in [-0.3, -0.25) is 14.6 Å². The van der Waals surface area contributed by atoms with Crippen molar-refractivity contribution in [2.24, 2.45) is 5.92 Å². The molecular weight excluding hydrogens is 363 g/mol. The van der Waals surface area contributed by atoms with E-state index < -0.39 is 18.2 Å². The third-order valence-corrected chi connectivity index (χ3v) is 4.82. The second kappa shape index (κ2) is 8.69. The van der Waals surface area contributed by atoms with Crippen molar-refractivity contribution >= 4 is 28.9 Å². The Kier molecular flexibility index (Phi) is 6.08. The van der Waals surface area contributed by atoms with Crippen molar-refractivity contribution in [3.63, 3.8) is 0 Å². The average Bonchev–Trinajstić information content (AvgIpc) is 2.70. The number of aliphatic carboxylic acids is 1. The van der Waals surface area contributed by atoms with E-state index in [0.717, 1.165) is 30.8 Å². The largest absolute Gasteiger partial charge is 0.481 e. The van der Waals surface area contributed by atoms with E-state index in [1.54, 1.807) is 12.4 Å². The number of pyridine rings is 1. The number of rotatable bonds is 6. The maximum absolute atomic E-state index is 13.7. The minimum absolute atomic E-state index is 0.0468. The van der Waals surface area contributed by atoms with Gasteiger partial charge in [0.1, 0.15) is 5.82 Å². The maximum atomic E-state index is 13.7. The van der Waals surface area contributed by atoms with Crippen LogP contribution in [0.3, 0.4) is 0 Å². The molecule has 3 rings (SSSR count). The van der Waals surface area contributed by atoms with Crippen LogP contribution in [0.4, 0.5) is 21.5 Å². The van der Waals surface area contributed by atoms with Gasteiger partial charge in [-0.1, -0.05) is 0 Å². The van der Waals surface area contributed by atoms with Crippen molar-refractivity contribution in [2.75, 3.05) is 35.7 Å². The van der Waals surface area contributed by atoms with Gasteiger partial charge in [-0.2, -0.15) is 0 Å². The molecule has 1 fully saturated rings. The number of benzene rings is 1. The van der Waals surface area contributed by atoms with E-state index in [4.69, 9.17) is 5.11 Å². The fourth-order valence-corrected chi connectivity index (χ4v) is 3.36. The molecular formula is C20H23FN4O3. The van der Waals surface area contributed by atoms with Gasteiger partial charge in [-0.05, 0) is 37.1 Å². The number of hydrogen-bond acceptors (Lipinski definition) is 5. The summed E-state index contributed by atoms with van der Waals surface area (Å²) < 4.78 is 13.7. The Bertz CT molecular complexity index is 874. The van der Waals surface area contributed by atoms with E-state index in [1.165, 1.54) is 18.2 Å². The van der Waals surface area contributed by atoms with Crippen LogP contribution < -0.4 is 15.5 Å². The number of carbonyl (C=O) groups excluding carboxylic acids is 1. The molecule has 0 bridgehead atoms. The van der Waals surface area contributed by atoms with Crippen LogP contribution >= 0.6 is 0 Å². The second-order valence-corrected chi connectivity index (χ2v) is 6.83. The molecule has 7 nitrogen and oxygen atoms in total. The number of carboxylic acids is 1. The Morgan fingerprint density at radius 3 is 2.86 bits per heavy atom. The van der Waals surface area contributed by atoms with E-state index >= 15 is 0 Å². The number of halogens is 1. The number of amides is 1. The highest BCUT2D eigenvalue weighted by Gasteiger charge is 2.26. The maximum Gasteiger partial charge on any atom is 0.307 e. The lowest BCUT2D eigenvalue weighted by atomic mass is 9.96. The summed E-state index contributed by atoms with van der Waals surface area (Å²) in [4.78, 5) is 29.9. The molecule has 28 heavy (non-hydrogen) atoms. The van der Waals surface area contributed by atoms with Crippen LogP contribution in [0.1, 0.15) is 18.4 Å². The van der Waals surface area contributed by atoms with Crippen LogP contribution in [-0.4, -0.2) is 42.1 Å². The Morgan fingerprint density at radius 1 is 1.29 bits per heavy atom. The first-order valence-corrected chi connectivity index (χ1v) is 9.15. The molecule has 0 unspecified atom stereocenters. The number of nitrogens with zero attached hydrogens (tertiary/aromatic N) is 2. The molecule has 0 radical (unpaired) electrons. The minimum atomic E-state index is -1.12. The van der Waals surface area contributed by atoms with Gasteiger partial charge in [0.15, 0.2) is 0 Å². The number of carboxylic acid groups (broad SMARTS) is 1. The van der Waals surface area contributed by atoms with Gasteiger partial charge in [0.2, 0.25) is 5.91 Å². The van der Waals surface area contributed by atoms with Gasteiger partial charge in [0, 0.05) is 31.4 Å². The van der Waals surface area contributed by atoms with E-state index in [-0.39, 0.29) is 17.4 Å². The highest BCUT2D eigenvalue weighted by atomic mass is 19.1. The quantitative estimate of drug-likeness (QED) is 0.707. The zero-order chi connectivity index (χ0) is 20.1. The van der Waals surface area contributed by atoms with Gasteiger partial charge < -0.3 is 20.6 Å². The Balaban J connectivity index is 1.68. The summed E-state index contributed by atoms with van der Waals surface area (Å²) in [7, 11) is 1.83. The Labute approximate surface area is 162 Å². The highest BCUT2D eigenvalue weighted by molar-refractivity contribution is 5.93. The molecule has 2 heterocycles. The number of carbonyl (C=O) groups is 2. The lowest BCUT2D eigenvalue weighted by molar-refractivity contribution is -0.136. The summed E-state index contributed by atoms with van der Waals surface area (Å²) in [5.74, 6) is -2.10. The first-order valence-electron chi connectivity index (χ1n) is 9.15. The third kappa shape index (κ3) is 4.76. The Morgan fingerprint density at radius 2 is 2.11 bits per heavy atom. The highest BCUT2D eigenvalue weighted by Crippen LogP contribution is 2.26. The van der Waals surface area contributed by atoms with Crippen molar-refractivity contribution in [1.29, 1.82) is 0 Å². The van der Waals surface area contributed by atoms with Crippen LogP contribution in [0.2, 0.25) is 0 Å². The molecule has 1 saturated heterocycles. The third-order valence-electron chi connectivity index (χ3n) is 4.82. The van der Waals surface area contributed by atoms with E-state index in [0.29, 0.717) is 12.2 Å². The van der Waals surface area contributed by atoms with Gasteiger partial charge in [0.05, 0.1) is 36.1 Å². The molecule has 1 aromatic heterocycles. The summed E-state index contributed by atoms with van der Waals surface area (Å²) in [6.45, 7) is 1.40. The number of aromatic nitrogens is 1. The molecule has 1 aliphatic rings. The summed E-state index contributed by atoms with van der Waals surface area (Å²) >= 11 is 0. The lowest BCUT2D eigenvalue weighted by Gasteiger charge is -2.33. The topological polar surface area (TPSA) is 94.6 Å². The van der Waals surface area contributed by atoms with Gasteiger partial charge in [0.25, 0.3) is 0 Å². The SMILES string of the molecule is CNc1cncc(N2CCC[C@H](C(=O)Nc3ccc(F)c(CC(=O)O)c3)C2)c1. The summed E-state index contributed by atoms with van der Waals surface area (Å²) in [5.41, 5.74) is 2.31. The number of nitrogens with one attached hydrogen (secondary N) is 2. The van der Waals surface area contributed by atoms with Crippen molar-refractivity contribution < 1.29 is 19.1 Å². The standard InChI is InChI=1S/C20H23FN4O3/c1-22-16-9-17(11-23-10-16)25-6-2-3-13(12-25)20(28)24-15-4-5-18(21)14(7-15)8-19(26)27/h4-5,7,9-11,13,22H,2-3,6,8,12H2,1H3,(H,24,28)(H,26,27)/t13-/m0/s1. The predicted octanol–water partition coefficient (Wildman–Crippen LogP) is 2.74. The number of anilines is 3. The Hall–Kier alpha value is -3.16. The smallest absolute Gasteiger partial charge is 0.307 e. The van der Waals surface area contributed by atoms with E-state index in [1.807, 2.05) is 13.1 Å². The monoisotopic (exact) mass is 386 g/mol.